The van der Waals surface area contributed by atoms with Gasteiger partial charge in [0.1, 0.15) is 5.41 Å². The Morgan fingerprint density at radius 1 is 1.50 bits per heavy atom. The molecular formula is C5H11NaO4. The summed E-state index contributed by atoms with van der Waals surface area (Å²) in [5.74, 6) is -1.19. The number of aliphatic hydroxyl groups is 2. The van der Waals surface area contributed by atoms with Gasteiger partial charge in [-0.05, 0) is 6.92 Å². The molecule has 56 valence electrons. The van der Waals surface area contributed by atoms with Crippen LogP contribution in [0.25, 0.3) is 0 Å². The third kappa shape index (κ3) is 2.98. The number of carbonyl (C=O) groups is 1. The SMILES string of the molecule is CC(CO)(CO)C(=O)O.[H-].[Na+]. The Bertz CT molecular complexity index is 115. The van der Waals surface area contributed by atoms with Crippen LogP contribution in [0, 0.1) is 5.41 Å². The van der Waals surface area contributed by atoms with Gasteiger partial charge >= 0.3 is 35.5 Å². The monoisotopic (exact) mass is 158 g/mol. The summed E-state index contributed by atoms with van der Waals surface area (Å²) < 4.78 is 0. The van der Waals surface area contributed by atoms with E-state index in [4.69, 9.17) is 15.3 Å². The fourth-order valence-electron chi connectivity index (χ4n) is 0.185. The minimum absolute atomic E-state index is 0. The van der Waals surface area contributed by atoms with Crippen LogP contribution >= 0.6 is 0 Å². The maximum Gasteiger partial charge on any atom is 1.00 e. The molecule has 0 aromatic rings. The van der Waals surface area contributed by atoms with Crippen LogP contribution < -0.4 is 29.6 Å². The van der Waals surface area contributed by atoms with Gasteiger partial charge in [0.25, 0.3) is 0 Å². The molecule has 0 amide bonds. The Labute approximate surface area is 82.6 Å². The van der Waals surface area contributed by atoms with Crippen molar-refractivity contribution >= 4 is 5.97 Å². The van der Waals surface area contributed by atoms with Gasteiger partial charge in [-0.1, -0.05) is 0 Å². The molecule has 0 aliphatic carbocycles. The van der Waals surface area contributed by atoms with Crippen LogP contribution in [-0.4, -0.2) is 34.5 Å². The normalized spacial score (nSPS) is 10.3. The summed E-state index contributed by atoms with van der Waals surface area (Å²) in [4.78, 5) is 10.2. The van der Waals surface area contributed by atoms with E-state index in [9.17, 15) is 4.79 Å². The van der Waals surface area contributed by atoms with Crippen molar-refractivity contribution in [1.82, 2.24) is 0 Å². The summed E-state index contributed by atoms with van der Waals surface area (Å²) in [6.45, 7) is 0.187. The minimum Gasteiger partial charge on any atom is -1.00 e. The number of aliphatic hydroxyl groups excluding tert-OH is 2. The summed E-state index contributed by atoms with van der Waals surface area (Å²) in [7, 11) is 0. The predicted octanol–water partition coefficient (Wildman–Crippen LogP) is -3.82. The fraction of sp³-hybridized carbons (Fsp3) is 0.800. The molecule has 0 aliphatic heterocycles. The quantitative estimate of drug-likeness (QED) is 0.368. The van der Waals surface area contributed by atoms with E-state index >= 15 is 0 Å². The summed E-state index contributed by atoms with van der Waals surface area (Å²) >= 11 is 0. The first-order valence-corrected chi connectivity index (χ1v) is 2.52. The number of carboxylic acids is 1. The molecule has 5 heteroatoms. The van der Waals surface area contributed by atoms with Gasteiger partial charge in [0, 0.05) is 0 Å². The number of carboxylic acid groups (broad SMARTS) is 1. The molecule has 0 heterocycles. The Morgan fingerprint density at radius 3 is 1.80 bits per heavy atom. The van der Waals surface area contributed by atoms with Crippen molar-refractivity contribution in [3.63, 3.8) is 0 Å². The molecule has 0 aromatic carbocycles. The Hall–Kier alpha value is 0.390. The van der Waals surface area contributed by atoms with E-state index in [1.54, 1.807) is 0 Å². The zero-order chi connectivity index (χ0) is 7.49. The van der Waals surface area contributed by atoms with Crippen LogP contribution in [-0.2, 0) is 4.79 Å². The minimum atomic E-state index is -1.39. The van der Waals surface area contributed by atoms with Gasteiger partial charge in [-0.25, -0.2) is 0 Å². The molecule has 0 aliphatic rings. The Balaban J connectivity index is -0.000000320. The van der Waals surface area contributed by atoms with Gasteiger partial charge in [0.05, 0.1) is 13.2 Å². The first kappa shape index (κ1) is 13.0. The predicted molar refractivity (Wildman–Crippen MR) is 31.0 cm³/mol. The molecule has 4 nitrogen and oxygen atoms in total. The molecule has 0 radical (unpaired) electrons. The second-order valence-electron chi connectivity index (χ2n) is 2.18. The summed E-state index contributed by atoms with van der Waals surface area (Å²) in [6.07, 6.45) is 0. The molecule has 0 aromatic heterocycles. The zero-order valence-electron chi connectivity index (χ0n) is 7.16. The van der Waals surface area contributed by atoms with E-state index in [0.717, 1.165) is 0 Å². The first-order chi connectivity index (χ1) is 4.06. The van der Waals surface area contributed by atoms with Crippen LogP contribution in [0.4, 0.5) is 0 Å². The van der Waals surface area contributed by atoms with Crippen LogP contribution in [0.1, 0.15) is 8.35 Å². The number of rotatable bonds is 3. The van der Waals surface area contributed by atoms with Crippen LogP contribution in [0.2, 0.25) is 0 Å². The largest absolute Gasteiger partial charge is 1.00 e. The molecule has 3 N–H and O–H groups in total. The van der Waals surface area contributed by atoms with E-state index in [0.29, 0.717) is 0 Å². The summed E-state index contributed by atoms with van der Waals surface area (Å²) in [5, 5.41) is 25.1. The number of aliphatic carboxylic acids is 1. The zero-order valence-corrected chi connectivity index (χ0v) is 8.16. The van der Waals surface area contributed by atoms with Crippen molar-refractivity contribution < 1.29 is 51.1 Å². The molecule has 0 rings (SSSR count). The van der Waals surface area contributed by atoms with Crippen molar-refractivity contribution in [2.45, 2.75) is 6.92 Å². The van der Waals surface area contributed by atoms with Gasteiger partial charge in [-0.2, -0.15) is 0 Å². The van der Waals surface area contributed by atoms with Gasteiger partial charge in [0.2, 0.25) is 0 Å². The second kappa shape index (κ2) is 5.09. The van der Waals surface area contributed by atoms with E-state index in [1.165, 1.54) is 6.92 Å². The molecule has 0 atom stereocenters. The van der Waals surface area contributed by atoms with Crippen molar-refractivity contribution in [2.24, 2.45) is 5.41 Å². The molecular weight excluding hydrogens is 147 g/mol. The third-order valence-electron chi connectivity index (χ3n) is 1.21. The summed E-state index contributed by atoms with van der Waals surface area (Å²) in [5.41, 5.74) is -1.39. The summed E-state index contributed by atoms with van der Waals surface area (Å²) in [6, 6.07) is 0. The van der Waals surface area contributed by atoms with Crippen molar-refractivity contribution in [1.29, 1.82) is 0 Å². The third-order valence-corrected chi connectivity index (χ3v) is 1.21. The number of hydrogen-bond acceptors (Lipinski definition) is 3. The van der Waals surface area contributed by atoms with Gasteiger partial charge in [-0.3, -0.25) is 4.79 Å². The Kier molecular flexibility index (Phi) is 6.63. The van der Waals surface area contributed by atoms with Crippen molar-refractivity contribution in [3.8, 4) is 0 Å². The maximum atomic E-state index is 10.2. The smallest absolute Gasteiger partial charge is 1.00 e. The van der Waals surface area contributed by atoms with Crippen LogP contribution in [0.3, 0.4) is 0 Å². The fourth-order valence-corrected chi connectivity index (χ4v) is 0.185. The molecule has 0 fully saturated rings. The average Bonchev–Trinajstić information content (AvgIpc) is 1.86. The van der Waals surface area contributed by atoms with E-state index in [2.05, 4.69) is 0 Å². The van der Waals surface area contributed by atoms with E-state index in [1.807, 2.05) is 0 Å². The molecule has 0 bridgehead atoms. The van der Waals surface area contributed by atoms with Gasteiger partial charge in [-0.15, -0.1) is 0 Å². The topological polar surface area (TPSA) is 77.8 Å². The van der Waals surface area contributed by atoms with Gasteiger partial charge < -0.3 is 16.7 Å². The van der Waals surface area contributed by atoms with Crippen molar-refractivity contribution in [2.75, 3.05) is 13.2 Å². The molecule has 0 spiro atoms. The standard InChI is InChI=1S/C5H10O4.Na.H/c1-5(2-6,3-7)4(8)9;;/h6-7H,2-3H2,1H3,(H,8,9);;/q;+1;-1. The molecule has 0 saturated carbocycles. The molecule has 0 unspecified atom stereocenters. The van der Waals surface area contributed by atoms with Crippen LogP contribution in [0.5, 0.6) is 0 Å². The average molecular weight is 158 g/mol. The Morgan fingerprint density at radius 2 is 1.80 bits per heavy atom. The molecule has 0 saturated heterocycles. The van der Waals surface area contributed by atoms with Crippen LogP contribution in [0.15, 0.2) is 0 Å². The first-order valence-electron chi connectivity index (χ1n) is 2.52. The second-order valence-corrected chi connectivity index (χ2v) is 2.18. The van der Waals surface area contributed by atoms with E-state index < -0.39 is 24.6 Å². The van der Waals surface area contributed by atoms with Crippen molar-refractivity contribution in [3.05, 3.63) is 0 Å². The van der Waals surface area contributed by atoms with Gasteiger partial charge in [0.15, 0.2) is 0 Å². The van der Waals surface area contributed by atoms with E-state index in [-0.39, 0.29) is 31.0 Å². The maximum absolute atomic E-state index is 10.2. The number of hydrogen-bond donors (Lipinski definition) is 3. The molecule has 10 heavy (non-hydrogen) atoms.